The van der Waals surface area contributed by atoms with Crippen LogP contribution in [0, 0.1) is 5.92 Å². The summed E-state index contributed by atoms with van der Waals surface area (Å²) >= 11 is 0. The fraction of sp³-hybridized carbons (Fsp3) is 1.00. The maximum Gasteiger partial charge on any atom is 0.0138 e. The van der Waals surface area contributed by atoms with Crippen LogP contribution in [-0.4, -0.2) is 17.6 Å². The third kappa shape index (κ3) is 4.70. The molecule has 0 aliphatic heterocycles. The second-order valence-corrected chi connectivity index (χ2v) is 4.95. The van der Waals surface area contributed by atoms with E-state index in [1.807, 2.05) is 27.7 Å². The summed E-state index contributed by atoms with van der Waals surface area (Å²) in [4.78, 5) is 0. The van der Waals surface area contributed by atoms with Gasteiger partial charge >= 0.3 is 0 Å². The molecule has 0 aromatic carbocycles. The van der Waals surface area contributed by atoms with E-state index < -0.39 is 0 Å². The van der Waals surface area contributed by atoms with Crippen LogP contribution in [0.15, 0.2) is 0 Å². The van der Waals surface area contributed by atoms with Gasteiger partial charge in [0.2, 0.25) is 0 Å². The summed E-state index contributed by atoms with van der Waals surface area (Å²) in [7, 11) is 0. The highest BCUT2D eigenvalue weighted by Crippen LogP contribution is 2.21. The van der Waals surface area contributed by atoms with E-state index in [0.29, 0.717) is 6.54 Å². The SMILES string of the molecule is CC(C)(N)CC(CN)C(C)(C)N. The van der Waals surface area contributed by atoms with E-state index in [0.717, 1.165) is 6.42 Å². The molecule has 0 saturated heterocycles. The molecule has 3 nitrogen and oxygen atoms in total. The van der Waals surface area contributed by atoms with Crippen molar-refractivity contribution in [2.45, 2.75) is 45.2 Å². The van der Waals surface area contributed by atoms with E-state index in [2.05, 4.69) is 0 Å². The van der Waals surface area contributed by atoms with E-state index in [4.69, 9.17) is 17.2 Å². The molecule has 0 aromatic heterocycles. The Balaban J connectivity index is 4.20. The zero-order valence-electron chi connectivity index (χ0n) is 8.72. The summed E-state index contributed by atoms with van der Waals surface area (Å²) in [6.07, 6.45) is 0.868. The van der Waals surface area contributed by atoms with E-state index in [-0.39, 0.29) is 17.0 Å². The number of rotatable bonds is 4. The second kappa shape index (κ2) is 3.73. The van der Waals surface area contributed by atoms with Crippen LogP contribution in [0.4, 0.5) is 0 Å². The molecule has 0 aromatic rings. The third-order valence-electron chi connectivity index (χ3n) is 2.11. The summed E-state index contributed by atoms with van der Waals surface area (Å²) in [5.41, 5.74) is 17.1. The molecule has 0 bridgehead atoms. The minimum Gasteiger partial charge on any atom is -0.330 e. The predicted molar refractivity (Wildman–Crippen MR) is 53.7 cm³/mol. The average molecular weight is 173 g/mol. The van der Waals surface area contributed by atoms with Crippen molar-refractivity contribution in [2.24, 2.45) is 23.1 Å². The molecule has 12 heavy (non-hydrogen) atoms. The van der Waals surface area contributed by atoms with Gasteiger partial charge in [0.15, 0.2) is 0 Å². The Hall–Kier alpha value is -0.120. The Labute approximate surface area is 75.7 Å². The van der Waals surface area contributed by atoms with Crippen LogP contribution in [0.5, 0.6) is 0 Å². The van der Waals surface area contributed by atoms with Gasteiger partial charge in [0.1, 0.15) is 0 Å². The average Bonchev–Trinajstić information content (AvgIpc) is 1.78. The molecule has 0 rings (SSSR count). The second-order valence-electron chi connectivity index (χ2n) is 4.95. The van der Waals surface area contributed by atoms with Crippen molar-refractivity contribution in [1.29, 1.82) is 0 Å². The van der Waals surface area contributed by atoms with Crippen molar-refractivity contribution in [3.05, 3.63) is 0 Å². The van der Waals surface area contributed by atoms with E-state index in [1.54, 1.807) is 0 Å². The molecule has 0 aliphatic carbocycles. The zero-order valence-corrected chi connectivity index (χ0v) is 8.72. The maximum atomic E-state index is 5.96. The van der Waals surface area contributed by atoms with Gasteiger partial charge in [0, 0.05) is 11.1 Å². The van der Waals surface area contributed by atoms with Gasteiger partial charge in [-0.3, -0.25) is 0 Å². The standard InChI is InChI=1S/C9H23N3/c1-8(2,11)5-7(6-10)9(3,4)12/h7H,5-6,10-12H2,1-4H3. The number of nitrogens with two attached hydrogens (primary N) is 3. The molecule has 0 radical (unpaired) electrons. The molecule has 1 unspecified atom stereocenters. The lowest BCUT2D eigenvalue weighted by Gasteiger charge is -2.34. The molecule has 0 aliphatic rings. The van der Waals surface area contributed by atoms with Crippen molar-refractivity contribution >= 4 is 0 Å². The Morgan fingerprint density at radius 3 is 1.58 bits per heavy atom. The highest BCUT2D eigenvalue weighted by Gasteiger charge is 2.28. The molecule has 3 heteroatoms. The minimum atomic E-state index is -0.231. The lowest BCUT2D eigenvalue weighted by atomic mass is 9.80. The first-order chi connectivity index (χ1) is 5.17. The van der Waals surface area contributed by atoms with Crippen LogP contribution in [0.25, 0.3) is 0 Å². The molecular formula is C9H23N3. The van der Waals surface area contributed by atoms with Gasteiger partial charge in [-0.25, -0.2) is 0 Å². The molecule has 0 fully saturated rings. The molecule has 0 amide bonds. The molecule has 0 spiro atoms. The first-order valence-corrected chi connectivity index (χ1v) is 4.44. The van der Waals surface area contributed by atoms with Crippen molar-refractivity contribution in [2.75, 3.05) is 6.54 Å². The summed E-state index contributed by atoms with van der Waals surface area (Å²) in [6.45, 7) is 8.60. The molecule has 0 saturated carbocycles. The van der Waals surface area contributed by atoms with Crippen molar-refractivity contribution < 1.29 is 0 Å². The van der Waals surface area contributed by atoms with Gasteiger partial charge in [-0.2, -0.15) is 0 Å². The largest absolute Gasteiger partial charge is 0.330 e. The van der Waals surface area contributed by atoms with E-state index in [1.165, 1.54) is 0 Å². The highest BCUT2D eigenvalue weighted by atomic mass is 14.8. The quantitative estimate of drug-likeness (QED) is 0.577. The molecule has 6 N–H and O–H groups in total. The van der Waals surface area contributed by atoms with Crippen molar-refractivity contribution in [1.82, 2.24) is 0 Å². The molecule has 0 heterocycles. The van der Waals surface area contributed by atoms with Crippen molar-refractivity contribution in [3.63, 3.8) is 0 Å². The minimum absolute atomic E-state index is 0.180. The Morgan fingerprint density at radius 1 is 1.08 bits per heavy atom. The highest BCUT2D eigenvalue weighted by molar-refractivity contribution is 4.88. The van der Waals surface area contributed by atoms with E-state index >= 15 is 0 Å². The summed E-state index contributed by atoms with van der Waals surface area (Å²) in [5, 5.41) is 0. The first-order valence-electron chi connectivity index (χ1n) is 4.44. The number of hydrogen-bond acceptors (Lipinski definition) is 3. The third-order valence-corrected chi connectivity index (χ3v) is 2.11. The van der Waals surface area contributed by atoms with E-state index in [9.17, 15) is 0 Å². The summed E-state index contributed by atoms with van der Waals surface area (Å²) in [6, 6.07) is 0. The maximum absolute atomic E-state index is 5.96. The lowest BCUT2D eigenvalue weighted by Crippen LogP contribution is -2.49. The van der Waals surface area contributed by atoms with Crippen LogP contribution in [0.2, 0.25) is 0 Å². The van der Waals surface area contributed by atoms with Gasteiger partial charge in [0.05, 0.1) is 0 Å². The van der Waals surface area contributed by atoms with Crippen molar-refractivity contribution in [3.8, 4) is 0 Å². The van der Waals surface area contributed by atoms with Gasteiger partial charge in [-0.15, -0.1) is 0 Å². The predicted octanol–water partition coefficient (Wildman–Crippen LogP) is 0.426. The van der Waals surface area contributed by atoms with Gasteiger partial charge < -0.3 is 17.2 Å². The summed E-state index contributed by atoms with van der Waals surface area (Å²) in [5.74, 6) is 0.289. The van der Waals surface area contributed by atoms with Crippen LogP contribution >= 0.6 is 0 Å². The monoisotopic (exact) mass is 173 g/mol. The van der Waals surface area contributed by atoms with Crippen LogP contribution in [0.1, 0.15) is 34.1 Å². The summed E-state index contributed by atoms with van der Waals surface area (Å²) < 4.78 is 0. The first kappa shape index (κ1) is 11.9. The Bertz CT molecular complexity index is 130. The van der Waals surface area contributed by atoms with Gasteiger partial charge in [0.25, 0.3) is 0 Å². The normalized spacial score (nSPS) is 16.2. The molecule has 1 atom stereocenters. The molecular weight excluding hydrogens is 150 g/mol. The smallest absolute Gasteiger partial charge is 0.0138 e. The fourth-order valence-corrected chi connectivity index (χ4v) is 1.29. The number of hydrogen-bond donors (Lipinski definition) is 3. The lowest BCUT2D eigenvalue weighted by molar-refractivity contribution is 0.258. The van der Waals surface area contributed by atoms with Gasteiger partial charge in [-0.1, -0.05) is 0 Å². The zero-order chi connectivity index (χ0) is 9.99. The fourth-order valence-electron chi connectivity index (χ4n) is 1.29. The topological polar surface area (TPSA) is 78.1 Å². The Kier molecular flexibility index (Phi) is 3.69. The van der Waals surface area contributed by atoms with Crippen LogP contribution < -0.4 is 17.2 Å². The molecule has 74 valence electrons. The van der Waals surface area contributed by atoms with Crippen LogP contribution in [-0.2, 0) is 0 Å². The van der Waals surface area contributed by atoms with Crippen LogP contribution in [0.3, 0.4) is 0 Å². The Morgan fingerprint density at radius 2 is 1.50 bits per heavy atom. The van der Waals surface area contributed by atoms with Gasteiger partial charge in [-0.05, 0) is 46.6 Å².